The first kappa shape index (κ1) is 26.7. The molecule has 0 saturated carbocycles. The number of methoxy groups -OCH3 is 1. The van der Waals surface area contributed by atoms with Crippen LogP contribution < -0.4 is 4.74 Å². The number of benzene rings is 3. The molecule has 41 heavy (non-hydrogen) atoms. The molecule has 0 radical (unpaired) electrons. The molecule has 0 unspecified atom stereocenters. The molecule has 3 aromatic carbocycles. The molecule has 1 N–H and O–H groups in total. The number of rotatable bonds is 5. The molecule has 2 aliphatic heterocycles. The summed E-state index contributed by atoms with van der Waals surface area (Å²) in [5, 5.41) is 1.10. The molecular weight excluding hydrogens is 514 g/mol. The van der Waals surface area contributed by atoms with Gasteiger partial charge in [0.2, 0.25) is 0 Å². The highest BCUT2D eigenvalue weighted by Crippen LogP contribution is 2.40. The van der Waals surface area contributed by atoms with E-state index in [9.17, 15) is 9.59 Å². The van der Waals surface area contributed by atoms with Crippen LogP contribution in [0, 0.1) is 0 Å². The van der Waals surface area contributed by atoms with E-state index in [0.717, 1.165) is 44.6 Å². The molecule has 1 aromatic heterocycles. The molecule has 0 saturated heterocycles. The second-order valence-corrected chi connectivity index (χ2v) is 11.7. The maximum Gasteiger partial charge on any atom is 0.410 e. The average Bonchev–Trinajstić information content (AvgIpc) is 3.53. The summed E-state index contributed by atoms with van der Waals surface area (Å²) in [6, 6.07) is 24.0. The maximum atomic E-state index is 14.1. The lowest BCUT2D eigenvalue weighted by molar-refractivity contribution is 0.0270. The van der Waals surface area contributed by atoms with Gasteiger partial charge in [-0.05, 0) is 73.5 Å². The summed E-state index contributed by atoms with van der Waals surface area (Å²) in [6.45, 7) is 7.18. The number of amides is 2. The number of hydrogen-bond acceptors (Lipinski definition) is 4. The number of aromatic nitrogens is 1. The monoisotopic (exact) mass is 549 g/mol. The predicted molar refractivity (Wildman–Crippen MR) is 160 cm³/mol. The summed E-state index contributed by atoms with van der Waals surface area (Å²) in [4.78, 5) is 33.8. The highest BCUT2D eigenvalue weighted by molar-refractivity contribution is 6.00. The SMILES string of the molecule is COc1ccccc1[C@H](c1cc2ccccc2[nH]1)N1Cc2ccc(C3=CCN(C(=O)OC(C)(C)C)CC3)cc2C1=O. The van der Waals surface area contributed by atoms with E-state index in [1.807, 2.05) is 74.2 Å². The third-order valence-electron chi connectivity index (χ3n) is 7.76. The molecule has 1 atom stereocenters. The second kappa shape index (κ2) is 10.5. The summed E-state index contributed by atoms with van der Waals surface area (Å²) < 4.78 is 11.3. The molecule has 0 spiro atoms. The number of hydrogen-bond donors (Lipinski definition) is 1. The van der Waals surface area contributed by atoms with Crippen molar-refractivity contribution in [3.05, 3.63) is 107 Å². The summed E-state index contributed by atoms with van der Waals surface area (Å²) in [7, 11) is 1.66. The zero-order valence-corrected chi connectivity index (χ0v) is 23.9. The van der Waals surface area contributed by atoms with Crippen LogP contribution in [0.1, 0.15) is 66.0 Å². The maximum absolute atomic E-state index is 14.1. The number of aromatic amines is 1. The molecule has 7 nitrogen and oxygen atoms in total. The molecule has 0 bridgehead atoms. The highest BCUT2D eigenvalue weighted by atomic mass is 16.6. The second-order valence-electron chi connectivity index (χ2n) is 11.7. The van der Waals surface area contributed by atoms with Crippen LogP contribution in [0.2, 0.25) is 0 Å². The summed E-state index contributed by atoms with van der Waals surface area (Å²) in [5.41, 5.74) is 6.24. The molecule has 0 fully saturated rings. The fourth-order valence-corrected chi connectivity index (χ4v) is 5.79. The van der Waals surface area contributed by atoms with Crippen molar-refractivity contribution in [1.29, 1.82) is 0 Å². The summed E-state index contributed by atoms with van der Waals surface area (Å²) >= 11 is 0. The van der Waals surface area contributed by atoms with Crippen LogP contribution in [-0.2, 0) is 11.3 Å². The van der Waals surface area contributed by atoms with E-state index < -0.39 is 5.60 Å². The van der Waals surface area contributed by atoms with Crippen LogP contribution in [-0.4, -0.2) is 52.6 Å². The normalized spacial score (nSPS) is 16.0. The van der Waals surface area contributed by atoms with Gasteiger partial charge in [0, 0.05) is 42.0 Å². The van der Waals surface area contributed by atoms with Gasteiger partial charge in [-0.15, -0.1) is 0 Å². The number of nitrogens with zero attached hydrogens (tertiary/aromatic N) is 2. The Hall–Kier alpha value is -4.52. The Labute approximate surface area is 240 Å². The van der Waals surface area contributed by atoms with Crippen LogP contribution in [0.25, 0.3) is 16.5 Å². The van der Waals surface area contributed by atoms with Crippen LogP contribution in [0.15, 0.2) is 78.9 Å². The molecule has 210 valence electrons. The van der Waals surface area contributed by atoms with Gasteiger partial charge >= 0.3 is 6.09 Å². The van der Waals surface area contributed by atoms with Crippen molar-refractivity contribution in [2.24, 2.45) is 0 Å². The van der Waals surface area contributed by atoms with Gasteiger partial charge in [-0.1, -0.05) is 54.6 Å². The van der Waals surface area contributed by atoms with Gasteiger partial charge < -0.3 is 24.3 Å². The van der Waals surface area contributed by atoms with Crippen molar-refractivity contribution >= 4 is 28.5 Å². The number of carbonyl (C=O) groups is 2. The van der Waals surface area contributed by atoms with E-state index in [2.05, 4.69) is 35.3 Å². The predicted octanol–water partition coefficient (Wildman–Crippen LogP) is 6.95. The fourth-order valence-electron chi connectivity index (χ4n) is 5.79. The van der Waals surface area contributed by atoms with Crippen LogP contribution in [0.3, 0.4) is 0 Å². The highest BCUT2D eigenvalue weighted by Gasteiger charge is 2.37. The Morgan fingerprint density at radius 1 is 1.00 bits per heavy atom. The van der Waals surface area contributed by atoms with E-state index >= 15 is 0 Å². The van der Waals surface area contributed by atoms with Gasteiger partial charge in [-0.2, -0.15) is 0 Å². The Balaban J connectivity index is 1.30. The number of fused-ring (bicyclic) bond motifs is 2. The molecule has 2 aliphatic rings. The zero-order valence-electron chi connectivity index (χ0n) is 23.9. The van der Waals surface area contributed by atoms with Gasteiger partial charge in [0.05, 0.1) is 7.11 Å². The number of carbonyl (C=O) groups excluding carboxylic acids is 2. The number of para-hydroxylation sites is 2. The zero-order chi connectivity index (χ0) is 28.7. The first-order chi connectivity index (χ1) is 19.7. The third-order valence-corrected chi connectivity index (χ3v) is 7.76. The first-order valence-electron chi connectivity index (χ1n) is 14.0. The van der Waals surface area contributed by atoms with Gasteiger partial charge in [-0.25, -0.2) is 4.79 Å². The third kappa shape index (κ3) is 5.20. The molecule has 2 amide bonds. The summed E-state index contributed by atoms with van der Waals surface area (Å²) in [5.74, 6) is 0.728. The summed E-state index contributed by atoms with van der Waals surface area (Å²) in [6.07, 6.45) is 2.47. The molecule has 4 aromatic rings. The number of H-pyrrole nitrogens is 1. The molecule has 6 rings (SSSR count). The average molecular weight is 550 g/mol. The van der Waals surface area contributed by atoms with Crippen molar-refractivity contribution < 1.29 is 19.1 Å². The largest absolute Gasteiger partial charge is 0.496 e. The van der Waals surface area contributed by atoms with E-state index in [0.29, 0.717) is 31.6 Å². The van der Waals surface area contributed by atoms with Crippen molar-refractivity contribution in [2.45, 2.75) is 45.4 Å². The number of nitrogens with one attached hydrogen (secondary N) is 1. The Morgan fingerprint density at radius 3 is 2.51 bits per heavy atom. The fraction of sp³-hybridized carbons (Fsp3) is 0.294. The Bertz CT molecular complexity index is 1630. The van der Waals surface area contributed by atoms with E-state index in [4.69, 9.17) is 9.47 Å². The minimum atomic E-state index is -0.526. The lowest BCUT2D eigenvalue weighted by Gasteiger charge is -2.29. The first-order valence-corrected chi connectivity index (χ1v) is 14.0. The van der Waals surface area contributed by atoms with E-state index in [1.54, 1.807) is 12.0 Å². The molecular formula is C34H35N3O4. The quantitative estimate of drug-likeness (QED) is 0.292. The number of ether oxygens (including phenoxy) is 2. The topological polar surface area (TPSA) is 74.9 Å². The standard InChI is InChI=1S/C34H35N3O4/c1-34(2,3)41-33(39)36-17-15-22(16-18-36)23-13-14-25-21-37(32(38)27(25)19-23)31(26-10-6-8-12-30(26)40-4)29-20-24-9-5-7-11-28(24)35-29/h5-15,19-20,31,35H,16-18,21H2,1-4H3/t31-/m1/s1. The van der Waals surface area contributed by atoms with Crippen molar-refractivity contribution in [3.8, 4) is 5.75 Å². The Morgan fingerprint density at radius 2 is 1.78 bits per heavy atom. The minimum Gasteiger partial charge on any atom is -0.496 e. The molecule has 3 heterocycles. The Kier molecular flexibility index (Phi) is 6.81. The van der Waals surface area contributed by atoms with Crippen LogP contribution in [0.4, 0.5) is 4.79 Å². The van der Waals surface area contributed by atoms with Crippen LogP contribution in [0.5, 0.6) is 5.75 Å². The smallest absolute Gasteiger partial charge is 0.410 e. The lowest BCUT2D eigenvalue weighted by atomic mass is 9.96. The van der Waals surface area contributed by atoms with E-state index in [-0.39, 0.29) is 18.0 Å². The molecule has 7 heteroatoms. The van der Waals surface area contributed by atoms with E-state index in [1.165, 1.54) is 0 Å². The van der Waals surface area contributed by atoms with Gasteiger partial charge in [0.1, 0.15) is 17.4 Å². The van der Waals surface area contributed by atoms with Gasteiger partial charge in [-0.3, -0.25) is 4.79 Å². The molecule has 0 aliphatic carbocycles. The van der Waals surface area contributed by atoms with Crippen LogP contribution >= 0.6 is 0 Å². The lowest BCUT2D eigenvalue weighted by Crippen LogP contribution is -2.39. The van der Waals surface area contributed by atoms with Crippen molar-refractivity contribution in [3.63, 3.8) is 0 Å². The van der Waals surface area contributed by atoms with Gasteiger partial charge in [0.15, 0.2) is 0 Å². The minimum absolute atomic E-state index is 0.0109. The van der Waals surface area contributed by atoms with Crippen molar-refractivity contribution in [2.75, 3.05) is 20.2 Å². The van der Waals surface area contributed by atoms with Crippen molar-refractivity contribution in [1.82, 2.24) is 14.8 Å². The van der Waals surface area contributed by atoms with Gasteiger partial charge in [0.25, 0.3) is 5.91 Å².